The fraction of sp³-hybridized carbons (Fsp3) is 0.357. The van der Waals surface area contributed by atoms with E-state index in [-0.39, 0.29) is 11.3 Å². The van der Waals surface area contributed by atoms with Gasteiger partial charge in [-0.3, -0.25) is 9.59 Å². The minimum absolute atomic E-state index is 0.0382. The molecule has 1 atom stereocenters. The molecule has 2 aromatic carbocycles. The Morgan fingerprint density at radius 1 is 1.08 bits per heavy atom. The molecule has 0 spiro atoms. The average molecular weight is 495 g/mol. The van der Waals surface area contributed by atoms with Crippen molar-refractivity contribution in [2.45, 2.75) is 19.4 Å². The number of likely N-dealkylation sites (tertiary alicyclic amines) is 1. The van der Waals surface area contributed by atoms with E-state index in [1.165, 1.54) is 19.1 Å². The summed E-state index contributed by atoms with van der Waals surface area (Å²) in [6.07, 6.45) is 2.31. The number of aliphatic hydroxyl groups excluding tert-OH is 1. The van der Waals surface area contributed by atoms with Gasteiger partial charge in [-0.15, -0.1) is 0 Å². The number of rotatable bonds is 11. The number of methoxy groups -OCH3 is 2. The van der Waals surface area contributed by atoms with Crippen LogP contribution in [0.4, 0.5) is 0 Å². The summed E-state index contributed by atoms with van der Waals surface area (Å²) in [6.45, 7) is 6.95. The van der Waals surface area contributed by atoms with Crippen LogP contribution in [0.15, 0.2) is 54.6 Å². The van der Waals surface area contributed by atoms with Gasteiger partial charge in [0.1, 0.15) is 18.1 Å². The van der Waals surface area contributed by atoms with Crippen molar-refractivity contribution in [1.29, 1.82) is 0 Å². The summed E-state index contributed by atoms with van der Waals surface area (Å²) in [6, 6.07) is 9.60. The molecule has 1 saturated heterocycles. The molecule has 0 aromatic heterocycles. The molecule has 8 nitrogen and oxygen atoms in total. The largest absolute Gasteiger partial charge is 0.507 e. The van der Waals surface area contributed by atoms with Gasteiger partial charge in [-0.1, -0.05) is 18.7 Å². The van der Waals surface area contributed by atoms with Crippen molar-refractivity contribution in [3.05, 3.63) is 71.3 Å². The number of benzene rings is 2. The second kappa shape index (κ2) is 11.8. The van der Waals surface area contributed by atoms with E-state index in [1.807, 2.05) is 25.9 Å². The first-order chi connectivity index (χ1) is 17.2. The number of aliphatic hydroxyl groups is 1. The van der Waals surface area contributed by atoms with Crippen molar-refractivity contribution in [3.63, 3.8) is 0 Å². The molecule has 1 fully saturated rings. The highest BCUT2D eigenvalue weighted by Crippen LogP contribution is 2.42. The van der Waals surface area contributed by atoms with Crippen LogP contribution < -0.4 is 14.2 Å². The van der Waals surface area contributed by atoms with E-state index in [2.05, 4.69) is 6.58 Å². The standard InChI is InChI=1S/C28H34N2O6/c1-7-15-36-21-11-10-20(16-18(21)2)26(31)24-25(19-9-12-22(34-5)23(17-19)35-6)30(28(33)27(24)32)14-8-13-29(3)4/h7,9-12,16-17,25,31H,1,8,13-15H2,2-6H3/t25-/m1/s1. The van der Waals surface area contributed by atoms with Gasteiger partial charge in [0.15, 0.2) is 11.5 Å². The molecular formula is C28H34N2O6. The zero-order valence-corrected chi connectivity index (χ0v) is 21.5. The van der Waals surface area contributed by atoms with E-state index in [9.17, 15) is 14.7 Å². The van der Waals surface area contributed by atoms with Crippen LogP contribution in [0.25, 0.3) is 5.76 Å². The Labute approximate surface area is 212 Å². The lowest BCUT2D eigenvalue weighted by Gasteiger charge is -2.26. The first-order valence-electron chi connectivity index (χ1n) is 11.7. The lowest BCUT2D eigenvalue weighted by atomic mass is 9.94. The smallest absolute Gasteiger partial charge is 0.295 e. The monoisotopic (exact) mass is 494 g/mol. The van der Waals surface area contributed by atoms with Gasteiger partial charge in [0.25, 0.3) is 11.7 Å². The Bertz CT molecular complexity index is 1170. The summed E-state index contributed by atoms with van der Waals surface area (Å²) in [5.74, 6) is 0.0400. The molecule has 8 heteroatoms. The Hall–Kier alpha value is -3.78. The summed E-state index contributed by atoms with van der Waals surface area (Å²) < 4.78 is 16.4. The summed E-state index contributed by atoms with van der Waals surface area (Å²) in [5.41, 5.74) is 1.89. The van der Waals surface area contributed by atoms with Gasteiger partial charge in [0.05, 0.1) is 25.8 Å². The number of ether oxygens (including phenoxy) is 3. The molecule has 0 bridgehead atoms. The fourth-order valence-electron chi connectivity index (χ4n) is 4.30. The Kier molecular flexibility index (Phi) is 8.77. The van der Waals surface area contributed by atoms with E-state index >= 15 is 0 Å². The van der Waals surface area contributed by atoms with Crippen molar-refractivity contribution < 1.29 is 28.9 Å². The average Bonchev–Trinajstić information content (AvgIpc) is 3.11. The first kappa shape index (κ1) is 26.8. The van der Waals surface area contributed by atoms with E-state index in [0.717, 1.165) is 12.1 Å². The second-order valence-corrected chi connectivity index (χ2v) is 8.84. The van der Waals surface area contributed by atoms with Crippen LogP contribution in [0, 0.1) is 6.92 Å². The predicted octanol–water partition coefficient (Wildman–Crippen LogP) is 3.95. The Morgan fingerprint density at radius 2 is 1.78 bits per heavy atom. The molecule has 1 aliphatic heterocycles. The Balaban J connectivity index is 2.12. The van der Waals surface area contributed by atoms with Gasteiger partial charge in [0, 0.05) is 12.1 Å². The molecule has 1 N–H and O–H groups in total. The zero-order chi connectivity index (χ0) is 26.4. The fourth-order valence-corrected chi connectivity index (χ4v) is 4.30. The zero-order valence-electron chi connectivity index (χ0n) is 21.5. The maximum Gasteiger partial charge on any atom is 0.295 e. The maximum atomic E-state index is 13.3. The van der Waals surface area contributed by atoms with E-state index in [0.29, 0.717) is 47.9 Å². The summed E-state index contributed by atoms with van der Waals surface area (Å²) in [5, 5.41) is 11.3. The van der Waals surface area contributed by atoms with Crippen LogP contribution >= 0.6 is 0 Å². The molecule has 0 unspecified atom stereocenters. The number of Topliss-reactive ketones (excluding diaryl/α,β-unsaturated/α-hetero) is 1. The van der Waals surface area contributed by atoms with Crippen molar-refractivity contribution in [2.75, 3.05) is 48.0 Å². The van der Waals surface area contributed by atoms with E-state index < -0.39 is 17.7 Å². The van der Waals surface area contributed by atoms with Crippen LogP contribution in [0.3, 0.4) is 0 Å². The predicted molar refractivity (Wildman–Crippen MR) is 139 cm³/mol. The number of ketones is 1. The summed E-state index contributed by atoms with van der Waals surface area (Å²) in [7, 11) is 6.96. The van der Waals surface area contributed by atoms with Gasteiger partial charge >= 0.3 is 0 Å². The molecule has 36 heavy (non-hydrogen) atoms. The Morgan fingerprint density at radius 3 is 2.39 bits per heavy atom. The van der Waals surface area contributed by atoms with E-state index in [4.69, 9.17) is 14.2 Å². The van der Waals surface area contributed by atoms with Crippen LogP contribution in [0.1, 0.15) is 29.2 Å². The molecule has 3 rings (SSSR count). The quantitative estimate of drug-likeness (QED) is 0.219. The number of hydrogen-bond acceptors (Lipinski definition) is 7. The van der Waals surface area contributed by atoms with Gasteiger partial charge in [-0.2, -0.15) is 0 Å². The number of carbonyl (C=O) groups excluding carboxylic acids is 2. The summed E-state index contributed by atoms with van der Waals surface area (Å²) in [4.78, 5) is 30.0. The second-order valence-electron chi connectivity index (χ2n) is 8.84. The third-order valence-electron chi connectivity index (χ3n) is 6.07. The van der Waals surface area contributed by atoms with Crippen molar-refractivity contribution in [3.8, 4) is 17.2 Å². The van der Waals surface area contributed by atoms with Crippen LogP contribution in [0.5, 0.6) is 17.2 Å². The van der Waals surface area contributed by atoms with E-state index in [1.54, 1.807) is 42.5 Å². The molecule has 192 valence electrons. The molecule has 2 aromatic rings. The lowest BCUT2D eigenvalue weighted by molar-refractivity contribution is -0.139. The SMILES string of the molecule is C=CCOc1ccc(C(O)=C2C(=O)C(=O)N(CCCN(C)C)[C@@H]2c2ccc(OC)c(OC)c2)cc1C. The third-order valence-corrected chi connectivity index (χ3v) is 6.07. The van der Waals surface area contributed by atoms with Crippen molar-refractivity contribution in [1.82, 2.24) is 9.80 Å². The molecule has 1 amide bonds. The first-order valence-corrected chi connectivity index (χ1v) is 11.7. The molecular weight excluding hydrogens is 460 g/mol. The highest BCUT2D eigenvalue weighted by Gasteiger charge is 2.46. The van der Waals surface area contributed by atoms with Gasteiger partial charge in [0.2, 0.25) is 0 Å². The highest BCUT2D eigenvalue weighted by molar-refractivity contribution is 6.46. The normalized spacial score (nSPS) is 16.9. The van der Waals surface area contributed by atoms with Crippen LogP contribution in [0.2, 0.25) is 0 Å². The number of nitrogens with zero attached hydrogens (tertiary/aromatic N) is 2. The maximum absolute atomic E-state index is 13.3. The van der Waals surface area contributed by atoms with Crippen LogP contribution in [-0.2, 0) is 9.59 Å². The van der Waals surface area contributed by atoms with Gasteiger partial charge in [-0.05, 0) is 75.4 Å². The summed E-state index contributed by atoms with van der Waals surface area (Å²) >= 11 is 0. The molecule has 0 saturated carbocycles. The lowest BCUT2D eigenvalue weighted by Crippen LogP contribution is -2.32. The van der Waals surface area contributed by atoms with Gasteiger partial charge < -0.3 is 29.1 Å². The highest BCUT2D eigenvalue weighted by atomic mass is 16.5. The molecule has 1 aliphatic rings. The minimum atomic E-state index is -0.774. The number of aryl methyl sites for hydroxylation is 1. The molecule has 0 aliphatic carbocycles. The molecule has 1 heterocycles. The van der Waals surface area contributed by atoms with Crippen molar-refractivity contribution in [2.24, 2.45) is 0 Å². The molecule has 0 radical (unpaired) electrons. The number of amides is 1. The van der Waals surface area contributed by atoms with Crippen molar-refractivity contribution >= 4 is 17.4 Å². The van der Waals surface area contributed by atoms with Crippen LogP contribution in [-0.4, -0.2) is 74.6 Å². The number of carbonyl (C=O) groups is 2. The number of hydrogen-bond donors (Lipinski definition) is 1. The topological polar surface area (TPSA) is 88.5 Å². The minimum Gasteiger partial charge on any atom is -0.507 e. The third kappa shape index (κ3) is 5.54. The van der Waals surface area contributed by atoms with Gasteiger partial charge in [-0.25, -0.2) is 0 Å².